The van der Waals surface area contributed by atoms with E-state index in [1.807, 2.05) is 29.7 Å². The van der Waals surface area contributed by atoms with Crippen molar-refractivity contribution in [2.45, 2.75) is 18.6 Å². The largest absolute Gasteiger partial charge is 0.324 e. The summed E-state index contributed by atoms with van der Waals surface area (Å²) in [5, 5.41) is 16.0. The number of benzene rings is 2. The first-order valence-electron chi connectivity index (χ1n) is 8.84. The van der Waals surface area contributed by atoms with Crippen LogP contribution in [0.1, 0.15) is 6.92 Å². The van der Waals surface area contributed by atoms with Crippen molar-refractivity contribution in [1.82, 2.24) is 14.8 Å². The number of carbonyl (C=O) groups is 1. The van der Waals surface area contributed by atoms with Gasteiger partial charge in [0.05, 0.1) is 16.5 Å². The fraction of sp³-hybridized carbons (Fsp3) is 0.150. The van der Waals surface area contributed by atoms with E-state index in [9.17, 15) is 4.79 Å². The van der Waals surface area contributed by atoms with Crippen LogP contribution in [0.5, 0.6) is 0 Å². The van der Waals surface area contributed by atoms with E-state index < -0.39 is 0 Å². The minimum Gasteiger partial charge on any atom is -0.324 e. The third-order valence-electron chi connectivity index (χ3n) is 4.29. The second-order valence-corrected chi connectivity index (χ2v) is 9.33. The first kappa shape index (κ1) is 20.4. The molecule has 0 fully saturated rings. The molecule has 2 heterocycles. The van der Waals surface area contributed by atoms with Crippen LogP contribution in [-0.2, 0) is 11.3 Å². The molecular formula is C20H16BrClN4OS2. The molecule has 4 rings (SSSR count). The van der Waals surface area contributed by atoms with Crippen LogP contribution in [0.15, 0.2) is 57.5 Å². The number of nitrogens with one attached hydrogen (secondary N) is 1. The summed E-state index contributed by atoms with van der Waals surface area (Å²) in [7, 11) is 0. The molecule has 0 spiro atoms. The van der Waals surface area contributed by atoms with Crippen LogP contribution >= 0.6 is 50.6 Å². The van der Waals surface area contributed by atoms with Gasteiger partial charge in [-0.3, -0.25) is 4.79 Å². The van der Waals surface area contributed by atoms with Crippen LogP contribution in [0.25, 0.3) is 21.5 Å². The van der Waals surface area contributed by atoms with Crippen LogP contribution in [0.3, 0.4) is 0 Å². The van der Waals surface area contributed by atoms with Crippen LogP contribution < -0.4 is 5.32 Å². The lowest BCUT2D eigenvalue weighted by Gasteiger charge is -2.09. The lowest BCUT2D eigenvalue weighted by molar-refractivity contribution is -0.113. The molecule has 0 aliphatic carbocycles. The van der Waals surface area contributed by atoms with Crippen LogP contribution in [0.2, 0.25) is 5.02 Å². The molecule has 1 amide bonds. The van der Waals surface area contributed by atoms with Gasteiger partial charge >= 0.3 is 0 Å². The van der Waals surface area contributed by atoms with E-state index in [0.717, 1.165) is 27.6 Å². The van der Waals surface area contributed by atoms with Crippen molar-refractivity contribution in [3.63, 3.8) is 0 Å². The molecule has 2 aromatic heterocycles. The number of hydrogen-bond acceptors (Lipinski definition) is 5. The Balaban J connectivity index is 1.50. The van der Waals surface area contributed by atoms with E-state index in [-0.39, 0.29) is 11.7 Å². The van der Waals surface area contributed by atoms with Gasteiger partial charge < -0.3 is 9.88 Å². The van der Waals surface area contributed by atoms with E-state index in [2.05, 4.69) is 49.0 Å². The molecule has 0 unspecified atom stereocenters. The van der Waals surface area contributed by atoms with Crippen LogP contribution in [-0.4, -0.2) is 26.4 Å². The fourth-order valence-electron chi connectivity index (χ4n) is 2.94. The Labute approximate surface area is 189 Å². The number of amides is 1. The van der Waals surface area contributed by atoms with E-state index in [0.29, 0.717) is 10.7 Å². The number of hydrogen-bond donors (Lipinski definition) is 1. The number of rotatable bonds is 6. The van der Waals surface area contributed by atoms with Crippen LogP contribution in [0.4, 0.5) is 5.69 Å². The molecule has 0 aliphatic rings. The Morgan fingerprint density at radius 1 is 1.28 bits per heavy atom. The minimum atomic E-state index is -0.146. The molecule has 0 saturated heterocycles. The maximum absolute atomic E-state index is 12.4. The number of thiophene rings is 1. The number of carbonyl (C=O) groups excluding carboxylic acids is 1. The summed E-state index contributed by atoms with van der Waals surface area (Å²) in [5.74, 6) is 0.894. The average Bonchev–Trinajstić information content (AvgIpc) is 3.31. The summed E-state index contributed by atoms with van der Waals surface area (Å²) in [6, 6.07) is 13.6. The summed E-state index contributed by atoms with van der Waals surface area (Å²) < 4.78 is 4.12. The Hall–Kier alpha value is -1.87. The maximum atomic E-state index is 12.4. The van der Waals surface area contributed by atoms with E-state index in [1.54, 1.807) is 23.5 Å². The van der Waals surface area contributed by atoms with E-state index >= 15 is 0 Å². The SMILES string of the molecule is CCn1c(SCC(=O)Nc2ccc(Br)cc2Cl)nnc1-c1csc2ccccc12. The Kier molecular flexibility index (Phi) is 6.24. The van der Waals surface area contributed by atoms with Crippen molar-refractivity contribution < 1.29 is 4.79 Å². The third-order valence-corrected chi connectivity index (χ3v) is 7.03. The standard InChI is InChI=1S/C20H16BrClN4OS2/c1-2-26-19(14-10-28-17-6-4-3-5-13(14)17)24-25-20(26)29-11-18(27)23-16-8-7-12(21)9-15(16)22/h3-10H,2,11H2,1H3,(H,23,27). The molecule has 9 heteroatoms. The van der Waals surface area contributed by atoms with Gasteiger partial charge in [-0.05, 0) is 31.2 Å². The first-order valence-corrected chi connectivity index (χ1v) is 11.9. The number of halogens is 2. The van der Waals surface area contributed by atoms with Crippen molar-refractivity contribution in [3.05, 3.63) is 57.3 Å². The summed E-state index contributed by atoms with van der Waals surface area (Å²) in [5.41, 5.74) is 1.65. The highest BCUT2D eigenvalue weighted by atomic mass is 79.9. The highest BCUT2D eigenvalue weighted by molar-refractivity contribution is 9.10. The van der Waals surface area contributed by atoms with Crippen molar-refractivity contribution in [1.29, 1.82) is 0 Å². The molecule has 2 aromatic carbocycles. The second kappa shape index (κ2) is 8.87. The van der Waals surface area contributed by atoms with Gasteiger partial charge in [0, 0.05) is 32.0 Å². The lowest BCUT2D eigenvalue weighted by atomic mass is 10.1. The highest BCUT2D eigenvalue weighted by Gasteiger charge is 2.17. The van der Waals surface area contributed by atoms with Gasteiger partial charge in [0.15, 0.2) is 11.0 Å². The lowest BCUT2D eigenvalue weighted by Crippen LogP contribution is -2.15. The van der Waals surface area contributed by atoms with Gasteiger partial charge in [-0.2, -0.15) is 0 Å². The number of fused-ring (bicyclic) bond motifs is 1. The average molecular weight is 508 g/mol. The molecule has 5 nitrogen and oxygen atoms in total. The predicted octanol–water partition coefficient (Wildman–Crippen LogP) is 6.33. The molecule has 148 valence electrons. The Bertz CT molecular complexity index is 1190. The number of thioether (sulfide) groups is 1. The van der Waals surface area contributed by atoms with Gasteiger partial charge in [0.25, 0.3) is 0 Å². The summed E-state index contributed by atoms with van der Waals surface area (Å²) in [6.07, 6.45) is 0. The molecular weight excluding hydrogens is 492 g/mol. The van der Waals surface area contributed by atoms with Gasteiger partial charge in [-0.15, -0.1) is 21.5 Å². The van der Waals surface area contributed by atoms with Crippen molar-refractivity contribution in [3.8, 4) is 11.4 Å². The fourth-order valence-corrected chi connectivity index (χ4v) is 5.40. The molecule has 0 bridgehead atoms. The van der Waals surface area contributed by atoms with E-state index in [1.165, 1.54) is 21.8 Å². The molecule has 0 atom stereocenters. The normalized spacial score (nSPS) is 11.1. The smallest absolute Gasteiger partial charge is 0.234 e. The zero-order valence-corrected chi connectivity index (χ0v) is 19.3. The van der Waals surface area contributed by atoms with Crippen molar-refractivity contribution in [2.75, 3.05) is 11.1 Å². The second-order valence-electron chi connectivity index (χ2n) is 6.16. The summed E-state index contributed by atoms with van der Waals surface area (Å²) in [6.45, 7) is 2.77. The molecule has 0 radical (unpaired) electrons. The number of anilines is 1. The number of aromatic nitrogens is 3. The molecule has 1 N–H and O–H groups in total. The molecule has 0 saturated carbocycles. The molecule has 0 aliphatic heterocycles. The van der Waals surface area contributed by atoms with E-state index in [4.69, 9.17) is 11.6 Å². The van der Waals surface area contributed by atoms with Crippen molar-refractivity contribution in [2.24, 2.45) is 0 Å². The zero-order valence-electron chi connectivity index (χ0n) is 15.4. The van der Waals surface area contributed by atoms with Gasteiger partial charge in [0.1, 0.15) is 0 Å². The molecule has 4 aromatic rings. The first-order chi connectivity index (χ1) is 14.1. The summed E-state index contributed by atoms with van der Waals surface area (Å²) >= 11 is 12.6. The monoisotopic (exact) mass is 506 g/mol. The maximum Gasteiger partial charge on any atom is 0.234 e. The van der Waals surface area contributed by atoms with Crippen molar-refractivity contribution >= 4 is 72.3 Å². The van der Waals surface area contributed by atoms with Crippen LogP contribution in [0, 0.1) is 0 Å². The third kappa shape index (κ3) is 4.35. The van der Waals surface area contributed by atoms with Gasteiger partial charge in [-0.25, -0.2) is 0 Å². The quantitative estimate of drug-likeness (QED) is 0.310. The Morgan fingerprint density at radius 3 is 2.90 bits per heavy atom. The number of nitrogens with zero attached hydrogens (tertiary/aromatic N) is 3. The topological polar surface area (TPSA) is 59.8 Å². The molecule has 29 heavy (non-hydrogen) atoms. The van der Waals surface area contributed by atoms with Gasteiger partial charge in [-0.1, -0.05) is 57.5 Å². The van der Waals surface area contributed by atoms with Gasteiger partial charge in [0.2, 0.25) is 5.91 Å². The zero-order chi connectivity index (χ0) is 20.4. The minimum absolute atomic E-state index is 0.146. The Morgan fingerprint density at radius 2 is 2.10 bits per heavy atom. The highest BCUT2D eigenvalue weighted by Crippen LogP contribution is 2.34. The summed E-state index contributed by atoms with van der Waals surface area (Å²) in [4.78, 5) is 12.4. The predicted molar refractivity (Wildman–Crippen MR) is 125 cm³/mol.